The number of halogens is 2. The molecule has 25 heavy (non-hydrogen) atoms. The molecule has 132 valence electrons. The highest BCUT2D eigenvalue weighted by Gasteiger charge is 2.23. The molecule has 3 rings (SSSR count). The van der Waals surface area contributed by atoms with Gasteiger partial charge in [-0.05, 0) is 42.9 Å². The normalized spacial score (nSPS) is 17.4. The van der Waals surface area contributed by atoms with E-state index in [1.165, 1.54) is 11.0 Å². The standard InChI is InChI=1S/C19H21ClFN3S/c1-14-16(20)7-4-9-18(14)22-19(25)24-11-5-10-23(13-24)12-15-6-2-3-8-17(15)21/h2-4,6-9H,5,10-13H2,1H3,(H,22,25)/p+1. The number of nitrogens with zero attached hydrogens (tertiary/aromatic N) is 1. The van der Waals surface area contributed by atoms with Crippen molar-refractivity contribution in [2.24, 2.45) is 0 Å². The first kappa shape index (κ1) is 18.1. The molecule has 0 radical (unpaired) electrons. The van der Waals surface area contributed by atoms with E-state index in [0.717, 1.165) is 48.0 Å². The van der Waals surface area contributed by atoms with E-state index in [9.17, 15) is 4.39 Å². The van der Waals surface area contributed by atoms with E-state index >= 15 is 0 Å². The van der Waals surface area contributed by atoms with Crippen molar-refractivity contribution in [1.29, 1.82) is 0 Å². The zero-order valence-electron chi connectivity index (χ0n) is 14.2. The number of thiocarbonyl (C=S) groups is 1. The number of anilines is 1. The molecule has 3 nitrogen and oxygen atoms in total. The molecular weight excluding hydrogens is 357 g/mol. The van der Waals surface area contributed by atoms with Gasteiger partial charge in [-0.2, -0.15) is 0 Å². The third-order valence-electron chi connectivity index (χ3n) is 4.57. The van der Waals surface area contributed by atoms with E-state index in [2.05, 4.69) is 10.2 Å². The SMILES string of the molecule is Cc1c(Cl)cccc1NC(=S)N1CCC[NH+](Cc2ccccc2F)C1. The van der Waals surface area contributed by atoms with Crippen LogP contribution in [0.15, 0.2) is 42.5 Å². The summed E-state index contributed by atoms with van der Waals surface area (Å²) in [5, 5.41) is 4.71. The Morgan fingerprint density at radius 1 is 1.28 bits per heavy atom. The average Bonchev–Trinajstić information content (AvgIpc) is 2.61. The van der Waals surface area contributed by atoms with Crippen LogP contribution in [0.4, 0.5) is 10.1 Å². The summed E-state index contributed by atoms with van der Waals surface area (Å²) in [6, 6.07) is 12.7. The number of quaternary nitrogens is 1. The fraction of sp³-hybridized carbons (Fsp3) is 0.316. The van der Waals surface area contributed by atoms with Crippen molar-refractivity contribution in [2.75, 3.05) is 25.1 Å². The van der Waals surface area contributed by atoms with Gasteiger partial charge in [0.05, 0.1) is 6.54 Å². The van der Waals surface area contributed by atoms with Crippen LogP contribution >= 0.6 is 23.8 Å². The molecule has 1 aliphatic rings. The summed E-state index contributed by atoms with van der Waals surface area (Å²) in [5.74, 6) is -0.137. The highest BCUT2D eigenvalue weighted by atomic mass is 35.5. The lowest BCUT2D eigenvalue weighted by atomic mass is 10.2. The van der Waals surface area contributed by atoms with E-state index in [1.807, 2.05) is 37.3 Å². The zero-order chi connectivity index (χ0) is 17.8. The van der Waals surface area contributed by atoms with Gasteiger partial charge in [-0.1, -0.05) is 35.9 Å². The number of benzene rings is 2. The summed E-state index contributed by atoms with van der Waals surface area (Å²) in [4.78, 5) is 3.46. The second-order valence-electron chi connectivity index (χ2n) is 6.39. The Balaban J connectivity index is 1.63. The van der Waals surface area contributed by atoms with Crippen molar-refractivity contribution in [3.8, 4) is 0 Å². The van der Waals surface area contributed by atoms with Crippen LogP contribution in [-0.2, 0) is 6.54 Å². The highest BCUT2D eigenvalue weighted by molar-refractivity contribution is 7.80. The first-order valence-corrected chi connectivity index (χ1v) is 9.21. The van der Waals surface area contributed by atoms with Crippen LogP contribution in [0.25, 0.3) is 0 Å². The zero-order valence-corrected chi connectivity index (χ0v) is 15.8. The molecule has 2 N–H and O–H groups in total. The van der Waals surface area contributed by atoms with E-state index < -0.39 is 0 Å². The Morgan fingerprint density at radius 3 is 2.88 bits per heavy atom. The molecule has 0 aliphatic carbocycles. The first-order valence-electron chi connectivity index (χ1n) is 8.42. The fourth-order valence-corrected chi connectivity index (χ4v) is 3.55. The van der Waals surface area contributed by atoms with Gasteiger partial charge in [0, 0.05) is 29.2 Å². The Bertz CT molecular complexity index is 768. The van der Waals surface area contributed by atoms with Gasteiger partial charge in [-0.15, -0.1) is 0 Å². The first-order chi connectivity index (χ1) is 12.0. The minimum absolute atomic E-state index is 0.137. The molecule has 1 saturated heterocycles. The molecule has 0 saturated carbocycles. The van der Waals surface area contributed by atoms with Gasteiger partial charge in [0.25, 0.3) is 0 Å². The van der Waals surface area contributed by atoms with Gasteiger partial charge >= 0.3 is 0 Å². The van der Waals surface area contributed by atoms with Gasteiger partial charge in [-0.25, -0.2) is 4.39 Å². The minimum atomic E-state index is -0.137. The number of hydrogen-bond donors (Lipinski definition) is 2. The summed E-state index contributed by atoms with van der Waals surface area (Å²) in [6.45, 7) is 5.33. The lowest BCUT2D eigenvalue weighted by molar-refractivity contribution is -0.927. The summed E-state index contributed by atoms with van der Waals surface area (Å²) >= 11 is 11.8. The van der Waals surface area contributed by atoms with Crippen molar-refractivity contribution in [1.82, 2.24) is 4.90 Å². The monoisotopic (exact) mass is 378 g/mol. The minimum Gasteiger partial charge on any atom is -0.332 e. The van der Waals surface area contributed by atoms with Crippen LogP contribution in [0.2, 0.25) is 5.02 Å². The van der Waals surface area contributed by atoms with Crippen molar-refractivity contribution in [3.63, 3.8) is 0 Å². The summed E-state index contributed by atoms with van der Waals surface area (Å²) in [6.07, 6.45) is 1.03. The predicted octanol–water partition coefficient (Wildman–Crippen LogP) is 3.23. The smallest absolute Gasteiger partial charge is 0.177 e. The maximum Gasteiger partial charge on any atom is 0.177 e. The molecule has 0 amide bonds. The quantitative estimate of drug-likeness (QED) is 0.800. The van der Waals surface area contributed by atoms with Crippen LogP contribution in [-0.4, -0.2) is 29.8 Å². The van der Waals surface area contributed by atoms with E-state index in [4.69, 9.17) is 23.8 Å². The maximum atomic E-state index is 13.9. The second-order valence-corrected chi connectivity index (χ2v) is 7.18. The molecule has 1 aliphatic heterocycles. The molecule has 0 spiro atoms. The summed E-state index contributed by atoms with van der Waals surface area (Å²) in [5.41, 5.74) is 2.67. The molecule has 6 heteroatoms. The molecule has 0 bridgehead atoms. The maximum absolute atomic E-state index is 13.9. The Hall–Kier alpha value is -1.69. The number of hydrogen-bond acceptors (Lipinski definition) is 1. The lowest BCUT2D eigenvalue weighted by Crippen LogP contribution is -3.13. The third-order valence-corrected chi connectivity index (χ3v) is 5.34. The molecule has 1 unspecified atom stereocenters. The molecular formula is C19H22ClFN3S+. The molecule has 1 atom stereocenters. The van der Waals surface area contributed by atoms with Crippen LogP contribution in [0.5, 0.6) is 0 Å². The van der Waals surface area contributed by atoms with Crippen LogP contribution < -0.4 is 10.2 Å². The van der Waals surface area contributed by atoms with Gasteiger partial charge < -0.3 is 15.1 Å². The second kappa shape index (κ2) is 8.13. The topological polar surface area (TPSA) is 19.7 Å². The molecule has 1 fully saturated rings. The third kappa shape index (κ3) is 4.48. The highest BCUT2D eigenvalue weighted by Crippen LogP contribution is 2.23. The van der Waals surface area contributed by atoms with Crippen LogP contribution in [0.1, 0.15) is 17.5 Å². The van der Waals surface area contributed by atoms with E-state index in [0.29, 0.717) is 11.7 Å². The number of nitrogens with one attached hydrogen (secondary N) is 2. The molecule has 2 aromatic carbocycles. The number of rotatable bonds is 3. The van der Waals surface area contributed by atoms with Gasteiger partial charge in [-0.3, -0.25) is 0 Å². The predicted molar refractivity (Wildman–Crippen MR) is 105 cm³/mol. The van der Waals surface area contributed by atoms with E-state index in [-0.39, 0.29) is 5.82 Å². The Labute approximate surface area is 158 Å². The fourth-order valence-electron chi connectivity index (χ4n) is 3.11. The van der Waals surface area contributed by atoms with Crippen LogP contribution in [0, 0.1) is 12.7 Å². The van der Waals surface area contributed by atoms with Gasteiger partial charge in [0.2, 0.25) is 0 Å². The van der Waals surface area contributed by atoms with Crippen molar-refractivity contribution < 1.29 is 9.29 Å². The van der Waals surface area contributed by atoms with Crippen molar-refractivity contribution in [3.05, 3.63) is 64.4 Å². The van der Waals surface area contributed by atoms with Crippen molar-refractivity contribution in [2.45, 2.75) is 19.9 Å². The molecule has 2 aromatic rings. The van der Waals surface area contributed by atoms with Gasteiger partial charge in [0.1, 0.15) is 12.4 Å². The molecule has 1 heterocycles. The van der Waals surface area contributed by atoms with Gasteiger partial charge in [0.15, 0.2) is 11.8 Å². The lowest BCUT2D eigenvalue weighted by Gasteiger charge is -2.34. The van der Waals surface area contributed by atoms with Crippen LogP contribution in [0.3, 0.4) is 0 Å². The summed E-state index contributed by atoms with van der Waals surface area (Å²) < 4.78 is 13.9. The van der Waals surface area contributed by atoms with E-state index in [1.54, 1.807) is 6.07 Å². The Kier molecular flexibility index (Phi) is 5.89. The Morgan fingerprint density at radius 2 is 2.08 bits per heavy atom. The largest absolute Gasteiger partial charge is 0.332 e. The summed E-state index contributed by atoms with van der Waals surface area (Å²) in [7, 11) is 0. The molecule has 0 aromatic heterocycles. The van der Waals surface area contributed by atoms with Crippen molar-refractivity contribution >= 4 is 34.6 Å². The average molecular weight is 379 g/mol.